The van der Waals surface area contributed by atoms with Crippen LogP contribution in [-0.2, 0) is 4.74 Å². The van der Waals surface area contributed by atoms with Gasteiger partial charge in [0.1, 0.15) is 0 Å². The van der Waals surface area contributed by atoms with E-state index < -0.39 is 23.9 Å². The molecule has 3 aromatic rings. The van der Waals surface area contributed by atoms with Crippen molar-refractivity contribution in [1.29, 1.82) is 0 Å². The number of carbonyl (C=O) groups is 1. The highest BCUT2D eigenvalue weighted by Gasteiger charge is 2.48. The number of aliphatic hydroxyl groups is 1. The summed E-state index contributed by atoms with van der Waals surface area (Å²) in [5.74, 6) is -3.56. The first-order valence-electron chi connectivity index (χ1n) is 8.46. The van der Waals surface area contributed by atoms with E-state index in [1.165, 1.54) is 13.3 Å². The molecule has 1 atom stereocenters. The van der Waals surface area contributed by atoms with Crippen molar-refractivity contribution in [2.24, 2.45) is 5.92 Å². The number of rotatable bonds is 4. The Kier molecular flexibility index (Phi) is 4.15. The number of halogens is 2. The van der Waals surface area contributed by atoms with Gasteiger partial charge in [-0.15, -0.1) is 0 Å². The topological polar surface area (TPSA) is 77.2 Å². The Morgan fingerprint density at radius 3 is 2.63 bits per heavy atom. The molecule has 1 aliphatic rings. The monoisotopic (exact) mass is 373 g/mol. The number of hydrogen-bond donors (Lipinski definition) is 1. The molecule has 1 aromatic carbocycles. The zero-order valence-electron chi connectivity index (χ0n) is 14.5. The Morgan fingerprint density at radius 1 is 1.30 bits per heavy atom. The first-order chi connectivity index (χ1) is 12.9. The predicted octanol–water partition coefficient (Wildman–Crippen LogP) is 3.29. The fourth-order valence-electron chi connectivity index (χ4n) is 3.35. The van der Waals surface area contributed by atoms with Gasteiger partial charge in [-0.25, -0.2) is 23.2 Å². The number of nitrogens with zero attached hydrogens (tertiary/aromatic N) is 3. The van der Waals surface area contributed by atoms with E-state index >= 15 is 0 Å². The third-order valence-corrected chi connectivity index (χ3v) is 4.87. The lowest BCUT2D eigenvalue weighted by Crippen LogP contribution is -2.38. The SMILES string of the molecule is COC(=O)c1ccc(-n2ncc3cc([C@@H](O)C4CC(F)(F)C4)cnc32)cc1. The molecule has 1 aliphatic carbocycles. The summed E-state index contributed by atoms with van der Waals surface area (Å²) in [5.41, 5.74) is 2.20. The molecule has 0 radical (unpaired) electrons. The zero-order valence-corrected chi connectivity index (χ0v) is 14.5. The molecule has 0 aliphatic heterocycles. The highest BCUT2D eigenvalue weighted by Crippen LogP contribution is 2.48. The zero-order chi connectivity index (χ0) is 19.2. The summed E-state index contributed by atoms with van der Waals surface area (Å²) in [6.45, 7) is 0. The van der Waals surface area contributed by atoms with Crippen molar-refractivity contribution in [3.8, 4) is 5.69 Å². The van der Waals surface area contributed by atoms with Crippen molar-refractivity contribution < 1.29 is 23.4 Å². The van der Waals surface area contributed by atoms with Crippen LogP contribution < -0.4 is 0 Å². The van der Waals surface area contributed by atoms with Crippen molar-refractivity contribution in [1.82, 2.24) is 14.8 Å². The molecule has 8 heteroatoms. The minimum atomic E-state index is -2.68. The molecule has 0 unspecified atom stereocenters. The summed E-state index contributed by atoms with van der Waals surface area (Å²) in [4.78, 5) is 15.9. The van der Waals surface area contributed by atoms with Gasteiger partial charge in [0.25, 0.3) is 0 Å². The number of benzene rings is 1. The summed E-state index contributed by atoms with van der Waals surface area (Å²) in [6, 6.07) is 8.42. The van der Waals surface area contributed by atoms with Gasteiger partial charge in [-0.1, -0.05) is 0 Å². The number of fused-ring (bicyclic) bond motifs is 1. The molecule has 0 saturated heterocycles. The van der Waals surface area contributed by atoms with Crippen LogP contribution in [0.5, 0.6) is 0 Å². The van der Waals surface area contributed by atoms with Gasteiger partial charge in [0, 0.05) is 30.3 Å². The van der Waals surface area contributed by atoms with E-state index in [9.17, 15) is 18.7 Å². The Labute approximate surface area is 153 Å². The third kappa shape index (κ3) is 3.16. The standard InChI is InChI=1S/C19H17F2N3O3/c1-27-18(26)11-2-4-15(5-3-11)24-17-13(10-23-24)6-12(9-22-17)16(25)14-7-19(20,21)8-14/h2-6,9-10,14,16,25H,7-8H2,1H3/t16-/m1/s1. The van der Waals surface area contributed by atoms with Gasteiger partial charge < -0.3 is 9.84 Å². The highest BCUT2D eigenvalue weighted by atomic mass is 19.3. The summed E-state index contributed by atoms with van der Waals surface area (Å²) in [6.07, 6.45) is 1.51. The number of pyridine rings is 1. The number of aliphatic hydroxyl groups excluding tert-OH is 1. The van der Waals surface area contributed by atoms with Gasteiger partial charge in [-0.3, -0.25) is 0 Å². The van der Waals surface area contributed by atoms with Gasteiger partial charge in [-0.05, 0) is 35.9 Å². The first kappa shape index (κ1) is 17.5. The number of aromatic nitrogens is 3. The summed E-state index contributed by atoms with van der Waals surface area (Å²) < 4.78 is 32.4. The van der Waals surface area contributed by atoms with Crippen LogP contribution in [0.3, 0.4) is 0 Å². The fraction of sp³-hybridized carbons (Fsp3) is 0.316. The van der Waals surface area contributed by atoms with E-state index in [2.05, 4.69) is 14.8 Å². The van der Waals surface area contributed by atoms with Crippen LogP contribution in [0.4, 0.5) is 8.78 Å². The second-order valence-electron chi connectivity index (χ2n) is 6.75. The fourth-order valence-corrected chi connectivity index (χ4v) is 3.35. The number of esters is 1. The summed E-state index contributed by atoms with van der Waals surface area (Å²) in [7, 11) is 1.32. The smallest absolute Gasteiger partial charge is 0.337 e. The van der Waals surface area contributed by atoms with Crippen LogP contribution in [-0.4, -0.2) is 38.9 Å². The molecule has 0 amide bonds. The Balaban J connectivity index is 1.60. The maximum Gasteiger partial charge on any atom is 0.337 e. The molecule has 1 N–H and O–H groups in total. The predicted molar refractivity (Wildman–Crippen MR) is 92.8 cm³/mol. The van der Waals surface area contributed by atoms with E-state index in [1.54, 1.807) is 41.2 Å². The van der Waals surface area contributed by atoms with E-state index in [4.69, 9.17) is 0 Å². The van der Waals surface area contributed by atoms with Crippen molar-refractivity contribution in [2.45, 2.75) is 24.9 Å². The number of methoxy groups -OCH3 is 1. The van der Waals surface area contributed by atoms with Crippen LogP contribution in [0.2, 0.25) is 0 Å². The van der Waals surface area contributed by atoms with Crippen LogP contribution in [0.1, 0.15) is 34.9 Å². The lowest BCUT2D eigenvalue weighted by molar-refractivity contribution is -0.142. The first-order valence-corrected chi connectivity index (χ1v) is 8.46. The molecule has 2 aromatic heterocycles. The maximum atomic E-state index is 13.0. The molecule has 140 valence electrons. The molecule has 4 rings (SSSR count). The molecule has 0 spiro atoms. The van der Waals surface area contributed by atoms with Crippen molar-refractivity contribution in [3.63, 3.8) is 0 Å². The number of carbonyl (C=O) groups excluding carboxylic acids is 1. The lowest BCUT2D eigenvalue weighted by atomic mass is 9.76. The van der Waals surface area contributed by atoms with Crippen molar-refractivity contribution in [3.05, 3.63) is 53.9 Å². The summed E-state index contributed by atoms with van der Waals surface area (Å²) >= 11 is 0. The highest BCUT2D eigenvalue weighted by molar-refractivity contribution is 5.89. The Bertz CT molecular complexity index is 993. The number of ether oxygens (including phenoxy) is 1. The molecule has 27 heavy (non-hydrogen) atoms. The second-order valence-corrected chi connectivity index (χ2v) is 6.75. The molecule has 6 nitrogen and oxygen atoms in total. The minimum Gasteiger partial charge on any atom is -0.465 e. The van der Waals surface area contributed by atoms with Crippen molar-refractivity contribution >= 4 is 17.0 Å². The van der Waals surface area contributed by atoms with Gasteiger partial charge in [-0.2, -0.15) is 5.10 Å². The van der Waals surface area contributed by atoms with E-state index in [-0.39, 0.29) is 12.8 Å². The second kappa shape index (κ2) is 6.38. The Morgan fingerprint density at radius 2 is 2.00 bits per heavy atom. The third-order valence-electron chi connectivity index (χ3n) is 4.87. The van der Waals surface area contributed by atoms with Gasteiger partial charge in [0.05, 0.1) is 30.7 Å². The average molecular weight is 373 g/mol. The number of alkyl halides is 2. The normalized spacial score (nSPS) is 17.5. The Hall–Kier alpha value is -2.87. The molecule has 0 bridgehead atoms. The maximum absolute atomic E-state index is 13.0. The molecular formula is C19H17F2N3O3. The largest absolute Gasteiger partial charge is 0.465 e. The number of hydrogen-bond acceptors (Lipinski definition) is 5. The van der Waals surface area contributed by atoms with Crippen LogP contribution in [0.25, 0.3) is 16.7 Å². The van der Waals surface area contributed by atoms with E-state index in [0.29, 0.717) is 27.8 Å². The van der Waals surface area contributed by atoms with E-state index in [1.807, 2.05) is 0 Å². The van der Waals surface area contributed by atoms with Crippen LogP contribution >= 0.6 is 0 Å². The lowest BCUT2D eigenvalue weighted by Gasteiger charge is -2.37. The van der Waals surface area contributed by atoms with Gasteiger partial charge in [0.2, 0.25) is 5.92 Å². The quantitative estimate of drug-likeness (QED) is 0.710. The van der Waals surface area contributed by atoms with Crippen LogP contribution in [0, 0.1) is 5.92 Å². The molecule has 1 fully saturated rings. The van der Waals surface area contributed by atoms with Crippen molar-refractivity contribution in [2.75, 3.05) is 7.11 Å². The molecule has 1 saturated carbocycles. The van der Waals surface area contributed by atoms with Crippen LogP contribution in [0.15, 0.2) is 42.7 Å². The average Bonchev–Trinajstić information content (AvgIpc) is 3.08. The molecule has 2 heterocycles. The molecular weight excluding hydrogens is 356 g/mol. The van der Waals surface area contributed by atoms with E-state index in [0.717, 1.165) is 0 Å². The summed E-state index contributed by atoms with van der Waals surface area (Å²) in [5, 5.41) is 15.3. The minimum absolute atomic E-state index is 0.308. The van der Waals surface area contributed by atoms with Gasteiger partial charge in [0.15, 0.2) is 5.65 Å². The van der Waals surface area contributed by atoms with Gasteiger partial charge >= 0.3 is 5.97 Å².